The number of aromatic amines is 1. The standard InChI is InChI=1S/C24H25FN6O4/c1-12(11-32)31-22(26)19(23(27)33)21(30-31)15-5-3-13(20-16(15)7-8-28-20)10-29-24(34)17-9-14(25)4-6-18(17)35-2/h3-9,12,28,32H,10-11,26H2,1-2H3,(H2,27,33)(H,29,34)/t12-/m0/s1. The lowest BCUT2D eigenvalue weighted by Gasteiger charge is -2.11. The molecule has 182 valence electrons. The number of methoxy groups -OCH3 is 1. The number of rotatable bonds is 8. The third-order valence-electron chi connectivity index (χ3n) is 5.79. The number of benzene rings is 2. The minimum Gasteiger partial charge on any atom is -0.496 e. The van der Waals surface area contributed by atoms with E-state index in [4.69, 9.17) is 16.2 Å². The van der Waals surface area contributed by atoms with Crippen molar-refractivity contribution in [1.29, 1.82) is 0 Å². The molecule has 0 saturated carbocycles. The normalized spacial score (nSPS) is 12.0. The molecule has 2 amide bonds. The van der Waals surface area contributed by atoms with E-state index in [9.17, 15) is 19.1 Å². The van der Waals surface area contributed by atoms with Crippen LogP contribution >= 0.6 is 0 Å². The highest BCUT2D eigenvalue weighted by molar-refractivity contribution is 6.07. The van der Waals surface area contributed by atoms with Crippen LogP contribution in [0.1, 0.15) is 39.2 Å². The van der Waals surface area contributed by atoms with Crippen molar-refractivity contribution in [3.05, 3.63) is 65.1 Å². The van der Waals surface area contributed by atoms with E-state index in [1.807, 2.05) is 0 Å². The summed E-state index contributed by atoms with van der Waals surface area (Å²) in [5.74, 6) is -1.46. The quantitative estimate of drug-likeness (QED) is 0.260. The number of ether oxygens (including phenoxy) is 1. The SMILES string of the molecule is COc1ccc(F)cc1C(=O)NCc1ccc(-c2nn([C@@H](C)CO)c(N)c2C(N)=O)c2cc[nH]c12. The number of fused-ring (bicyclic) bond motifs is 1. The summed E-state index contributed by atoms with van der Waals surface area (Å²) in [4.78, 5) is 28.0. The summed E-state index contributed by atoms with van der Waals surface area (Å²) in [7, 11) is 1.40. The summed E-state index contributed by atoms with van der Waals surface area (Å²) in [6.07, 6.45) is 1.72. The van der Waals surface area contributed by atoms with Gasteiger partial charge in [0.25, 0.3) is 11.8 Å². The first-order chi connectivity index (χ1) is 16.8. The molecule has 35 heavy (non-hydrogen) atoms. The van der Waals surface area contributed by atoms with Crippen molar-refractivity contribution < 1.29 is 23.8 Å². The van der Waals surface area contributed by atoms with Gasteiger partial charge in [-0.1, -0.05) is 12.1 Å². The van der Waals surface area contributed by atoms with Crippen molar-refractivity contribution >= 4 is 28.5 Å². The predicted molar refractivity (Wildman–Crippen MR) is 128 cm³/mol. The van der Waals surface area contributed by atoms with Crippen LogP contribution in [0.4, 0.5) is 10.2 Å². The van der Waals surface area contributed by atoms with E-state index in [0.29, 0.717) is 16.8 Å². The van der Waals surface area contributed by atoms with Gasteiger partial charge < -0.3 is 31.6 Å². The van der Waals surface area contributed by atoms with Crippen LogP contribution in [-0.4, -0.2) is 45.4 Å². The zero-order chi connectivity index (χ0) is 25.3. The highest BCUT2D eigenvalue weighted by atomic mass is 19.1. The van der Waals surface area contributed by atoms with Gasteiger partial charge in [0.15, 0.2) is 0 Å². The summed E-state index contributed by atoms with van der Waals surface area (Å²) in [5, 5.41) is 17.5. The summed E-state index contributed by atoms with van der Waals surface area (Å²) >= 11 is 0. The van der Waals surface area contributed by atoms with Crippen molar-refractivity contribution in [2.75, 3.05) is 19.5 Å². The van der Waals surface area contributed by atoms with E-state index in [-0.39, 0.29) is 35.8 Å². The molecule has 0 saturated heterocycles. The number of aromatic nitrogens is 3. The van der Waals surface area contributed by atoms with Crippen molar-refractivity contribution in [1.82, 2.24) is 20.1 Å². The van der Waals surface area contributed by atoms with Gasteiger partial charge in [-0.2, -0.15) is 5.10 Å². The number of nitrogens with two attached hydrogens (primary N) is 2. The lowest BCUT2D eigenvalue weighted by Crippen LogP contribution is -2.23. The first-order valence-corrected chi connectivity index (χ1v) is 10.8. The fraction of sp³-hybridized carbons (Fsp3) is 0.208. The van der Waals surface area contributed by atoms with E-state index in [1.165, 1.54) is 23.9 Å². The molecular weight excluding hydrogens is 455 g/mol. The first kappa shape index (κ1) is 23.8. The van der Waals surface area contributed by atoms with Gasteiger partial charge >= 0.3 is 0 Å². The summed E-state index contributed by atoms with van der Waals surface area (Å²) < 4.78 is 20.2. The fourth-order valence-corrected chi connectivity index (χ4v) is 3.99. The number of carbonyl (C=O) groups excluding carboxylic acids is 2. The fourth-order valence-electron chi connectivity index (χ4n) is 3.99. The van der Waals surface area contributed by atoms with Crippen LogP contribution in [0.25, 0.3) is 22.2 Å². The van der Waals surface area contributed by atoms with Gasteiger partial charge in [-0.15, -0.1) is 0 Å². The molecule has 0 spiro atoms. The number of halogens is 1. The van der Waals surface area contributed by atoms with Gasteiger partial charge in [0.05, 0.1) is 30.8 Å². The van der Waals surface area contributed by atoms with Gasteiger partial charge in [-0.25, -0.2) is 9.07 Å². The lowest BCUT2D eigenvalue weighted by molar-refractivity contribution is 0.0946. The molecule has 2 aromatic carbocycles. The van der Waals surface area contributed by atoms with Crippen molar-refractivity contribution in [3.8, 4) is 17.0 Å². The molecule has 11 heteroatoms. The second-order valence-electron chi connectivity index (χ2n) is 8.02. The average molecular weight is 481 g/mol. The zero-order valence-corrected chi connectivity index (χ0v) is 19.1. The second-order valence-corrected chi connectivity index (χ2v) is 8.02. The molecule has 4 aromatic rings. The van der Waals surface area contributed by atoms with E-state index < -0.39 is 23.7 Å². The number of carbonyl (C=O) groups is 2. The molecule has 0 radical (unpaired) electrons. The van der Waals surface area contributed by atoms with Gasteiger partial charge in [0.1, 0.15) is 28.6 Å². The van der Waals surface area contributed by atoms with E-state index in [0.717, 1.165) is 17.0 Å². The average Bonchev–Trinajstić information content (AvgIpc) is 3.47. The third kappa shape index (κ3) is 4.28. The summed E-state index contributed by atoms with van der Waals surface area (Å²) in [6, 6.07) is 8.59. The van der Waals surface area contributed by atoms with Crippen LogP contribution in [0.5, 0.6) is 5.75 Å². The molecule has 0 bridgehead atoms. The number of hydrogen-bond acceptors (Lipinski definition) is 6. The Balaban J connectivity index is 1.70. The molecule has 0 fully saturated rings. The molecular formula is C24H25FN6O4. The van der Waals surface area contributed by atoms with Crippen LogP contribution in [0.3, 0.4) is 0 Å². The Morgan fingerprint density at radius 2 is 2.06 bits per heavy atom. The predicted octanol–water partition coefficient (Wildman–Crippen LogP) is 2.34. The lowest BCUT2D eigenvalue weighted by atomic mass is 10.00. The summed E-state index contributed by atoms with van der Waals surface area (Å²) in [6.45, 7) is 1.62. The van der Waals surface area contributed by atoms with Crippen LogP contribution in [-0.2, 0) is 6.54 Å². The molecule has 2 heterocycles. The maximum Gasteiger partial charge on any atom is 0.255 e. The Labute approximate surface area is 199 Å². The number of aliphatic hydroxyl groups excluding tert-OH is 1. The largest absolute Gasteiger partial charge is 0.496 e. The number of hydrogen-bond donors (Lipinski definition) is 5. The smallest absolute Gasteiger partial charge is 0.255 e. The van der Waals surface area contributed by atoms with Gasteiger partial charge in [-0.05, 0) is 36.8 Å². The molecule has 0 aliphatic carbocycles. The highest BCUT2D eigenvalue weighted by Crippen LogP contribution is 2.35. The molecule has 0 aliphatic heterocycles. The Hall–Kier alpha value is -4.38. The van der Waals surface area contributed by atoms with Gasteiger partial charge in [-0.3, -0.25) is 9.59 Å². The number of nitrogens with zero attached hydrogens (tertiary/aromatic N) is 2. The maximum absolute atomic E-state index is 13.7. The number of anilines is 1. The van der Waals surface area contributed by atoms with E-state index >= 15 is 0 Å². The minimum absolute atomic E-state index is 0.0621. The Morgan fingerprint density at radius 1 is 1.29 bits per heavy atom. The summed E-state index contributed by atoms with van der Waals surface area (Å²) in [5.41, 5.74) is 14.2. The zero-order valence-electron chi connectivity index (χ0n) is 19.1. The molecule has 1 atom stereocenters. The minimum atomic E-state index is -0.738. The number of H-pyrrole nitrogens is 1. The Bertz CT molecular complexity index is 1430. The van der Waals surface area contributed by atoms with Crippen molar-refractivity contribution in [2.24, 2.45) is 5.73 Å². The number of amides is 2. The van der Waals surface area contributed by atoms with Crippen LogP contribution in [0.2, 0.25) is 0 Å². The molecule has 4 rings (SSSR count). The molecule has 0 unspecified atom stereocenters. The Morgan fingerprint density at radius 3 is 2.74 bits per heavy atom. The first-order valence-electron chi connectivity index (χ1n) is 10.8. The topological polar surface area (TPSA) is 161 Å². The van der Waals surface area contributed by atoms with Crippen LogP contribution in [0.15, 0.2) is 42.6 Å². The van der Waals surface area contributed by atoms with Crippen molar-refractivity contribution in [2.45, 2.75) is 19.5 Å². The van der Waals surface area contributed by atoms with Crippen LogP contribution in [0, 0.1) is 5.82 Å². The molecule has 10 nitrogen and oxygen atoms in total. The monoisotopic (exact) mass is 480 g/mol. The van der Waals surface area contributed by atoms with Gasteiger partial charge in [0.2, 0.25) is 0 Å². The van der Waals surface area contributed by atoms with Gasteiger partial charge in [0, 0.05) is 23.7 Å². The van der Waals surface area contributed by atoms with Crippen molar-refractivity contribution in [3.63, 3.8) is 0 Å². The number of primary amides is 1. The Kier molecular flexibility index (Phi) is 6.43. The van der Waals surface area contributed by atoms with E-state index in [2.05, 4.69) is 15.4 Å². The highest BCUT2D eigenvalue weighted by Gasteiger charge is 2.25. The van der Waals surface area contributed by atoms with Crippen LogP contribution < -0.4 is 21.5 Å². The molecule has 0 aliphatic rings. The third-order valence-corrected chi connectivity index (χ3v) is 5.79. The molecule has 2 aromatic heterocycles. The second kappa shape index (κ2) is 9.47. The number of nitrogens with one attached hydrogen (secondary N) is 2. The number of aliphatic hydroxyl groups is 1. The maximum atomic E-state index is 13.7. The molecule has 7 N–H and O–H groups in total. The van der Waals surface area contributed by atoms with E-state index in [1.54, 1.807) is 31.3 Å². The number of nitrogen functional groups attached to an aromatic ring is 1.